The molecule has 0 bridgehead atoms. The lowest BCUT2D eigenvalue weighted by Crippen LogP contribution is -2.13. The minimum Gasteiger partial charge on any atom is -0.487 e. The Balaban J connectivity index is 1.74. The van der Waals surface area contributed by atoms with Gasteiger partial charge in [-0.05, 0) is 43.3 Å². The van der Waals surface area contributed by atoms with Crippen molar-refractivity contribution in [3.8, 4) is 16.3 Å². The molecule has 0 aliphatic rings. The Morgan fingerprint density at radius 2 is 1.97 bits per heavy atom. The van der Waals surface area contributed by atoms with Crippen molar-refractivity contribution in [3.63, 3.8) is 0 Å². The molecule has 0 unspecified atom stereocenters. The topological polar surface area (TPSA) is 94.4 Å². The van der Waals surface area contributed by atoms with Crippen LogP contribution in [0.1, 0.15) is 17.3 Å². The van der Waals surface area contributed by atoms with E-state index in [1.807, 2.05) is 24.3 Å². The molecule has 1 N–H and O–H groups in total. The van der Waals surface area contributed by atoms with E-state index in [9.17, 15) is 14.9 Å². The molecule has 0 atom stereocenters. The monoisotopic (exact) mass is 487 g/mol. The van der Waals surface area contributed by atoms with Gasteiger partial charge in [-0.1, -0.05) is 35.3 Å². The van der Waals surface area contributed by atoms with Gasteiger partial charge in [0.1, 0.15) is 5.01 Å². The number of ether oxygens (including phenoxy) is 1. The van der Waals surface area contributed by atoms with Crippen molar-refractivity contribution in [2.45, 2.75) is 6.92 Å². The van der Waals surface area contributed by atoms with E-state index in [4.69, 9.17) is 27.9 Å². The summed E-state index contributed by atoms with van der Waals surface area (Å²) in [5.41, 5.74) is 1.46. The standard InChI is InChI=1S/C22H15Cl2N3O4S/c1-2-31-18-8-7-12(9-17(18)27(29)30)21(28)26-20-14(10-13(23)11-15(20)24)22-25-16-5-3-4-6-19(16)32-22/h3-11H,2H2,1H3,(H,26,28). The number of nitro benzene ring substituents is 1. The lowest BCUT2D eigenvalue weighted by molar-refractivity contribution is -0.385. The van der Waals surface area contributed by atoms with Crippen LogP contribution in [-0.4, -0.2) is 22.4 Å². The van der Waals surface area contributed by atoms with E-state index < -0.39 is 10.8 Å². The first-order valence-electron chi connectivity index (χ1n) is 9.45. The third-order valence-corrected chi connectivity index (χ3v) is 6.12. The number of amides is 1. The Morgan fingerprint density at radius 3 is 2.69 bits per heavy atom. The lowest BCUT2D eigenvalue weighted by Gasteiger charge is -2.13. The van der Waals surface area contributed by atoms with Crippen molar-refractivity contribution >= 4 is 62.0 Å². The highest BCUT2D eigenvalue weighted by Gasteiger charge is 2.21. The van der Waals surface area contributed by atoms with Crippen molar-refractivity contribution in [3.05, 3.63) is 80.3 Å². The molecule has 0 saturated heterocycles. The van der Waals surface area contributed by atoms with E-state index >= 15 is 0 Å². The van der Waals surface area contributed by atoms with Crippen LogP contribution in [0.25, 0.3) is 20.8 Å². The number of hydrogen-bond donors (Lipinski definition) is 1. The summed E-state index contributed by atoms with van der Waals surface area (Å²) < 4.78 is 6.24. The van der Waals surface area contributed by atoms with Crippen molar-refractivity contribution in [1.82, 2.24) is 4.98 Å². The number of carbonyl (C=O) groups excluding carboxylic acids is 1. The Hall–Kier alpha value is -3.20. The number of carbonyl (C=O) groups is 1. The number of para-hydroxylation sites is 1. The molecule has 32 heavy (non-hydrogen) atoms. The molecule has 0 fully saturated rings. The van der Waals surface area contributed by atoms with Crippen LogP contribution < -0.4 is 10.1 Å². The fourth-order valence-corrected chi connectivity index (χ4v) is 4.65. The highest BCUT2D eigenvalue weighted by atomic mass is 35.5. The first-order valence-corrected chi connectivity index (χ1v) is 11.0. The molecule has 4 aromatic rings. The van der Waals surface area contributed by atoms with Gasteiger partial charge in [-0.15, -0.1) is 11.3 Å². The Morgan fingerprint density at radius 1 is 1.19 bits per heavy atom. The number of halogens is 2. The molecule has 1 heterocycles. The number of aromatic nitrogens is 1. The van der Waals surface area contributed by atoms with Gasteiger partial charge in [0.15, 0.2) is 5.75 Å². The number of fused-ring (bicyclic) bond motifs is 1. The van der Waals surface area contributed by atoms with E-state index in [2.05, 4.69) is 10.3 Å². The Kier molecular flexibility index (Phi) is 6.27. The molecule has 0 aliphatic heterocycles. The zero-order valence-electron chi connectivity index (χ0n) is 16.6. The number of anilines is 1. The highest BCUT2D eigenvalue weighted by molar-refractivity contribution is 7.21. The first kappa shape index (κ1) is 22.0. The molecule has 0 spiro atoms. The van der Waals surface area contributed by atoms with E-state index in [0.29, 0.717) is 21.3 Å². The average Bonchev–Trinajstić information content (AvgIpc) is 3.19. The van der Waals surface area contributed by atoms with Gasteiger partial charge in [0, 0.05) is 22.2 Å². The normalized spacial score (nSPS) is 10.8. The summed E-state index contributed by atoms with van der Waals surface area (Å²) in [7, 11) is 0. The third kappa shape index (κ3) is 4.38. The average molecular weight is 488 g/mol. The van der Waals surface area contributed by atoms with Crippen LogP contribution in [0.4, 0.5) is 11.4 Å². The minimum atomic E-state index is -0.594. The van der Waals surface area contributed by atoms with E-state index in [-0.39, 0.29) is 28.6 Å². The van der Waals surface area contributed by atoms with Gasteiger partial charge >= 0.3 is 5.69 Å². The van der Waals surface area contributed by atoms with Gasteiger partial charge in [-0.2, -0.15) is 0 Å². The van der Waals surface area contributed by atoms with E-state index in [1.54, 1.807) is 13.0 Å². The maximum absolute atomic E-state index is 13.0. The van der Waals surface area contributed by atoms with E-state index in [1.165, 1.54) is 35.6 Å². The molecule has 0 radical (unpaired) electrons. The summed E-state index contributed by atoms with van der Waals surface area (Å²) in [5, 5.41) is 15.4. The predicted octanol–water partition coefficient (Wildman–Crippen LogP) is 6.83. The largest absolute Gasteiger partial charge is 0.487 e. The van der Waals surface area contributed by atoms with Crippen molar-refractivity contribution < 1.29 is 14.5 Å². The molecular weight excluding hydrogens is 473 g/mol. The molecule has 4 rings (SSSR count). The number of nitrogens with zero attached hydrogens (tertiary/aromatic N) is 2. The zero-order valence-corrected chi connectivity index (χ0v) is 18.9. The maximum Gasteiger partial charge on any atom is 0.311 e. The summed E-state index contributed by atoms with van der Waals surface area (Å²) in [5.74, 6) is -0.475. The molecule has 7 nitrogen and oxygen atoms in total. The van der Waals surface area contributed by atoms with Gasteiger partial charge in [0.05, 0.1) is 32.5 Å². The maximum atomic E-state index is 13.0. The van der Waals surface area contributed by atoms with Gasteiger partial charge in [0.2, 0.25) is 0 Å². The van der Waals surface area contributed by atoms with E-state index in [0.717, 1.165) is 10.2 Å². The summed E-state index contributed by atoms with van der Waals surface area (Å²) in [6.45, 7) is 1.98. The zero-order chi connectivity index (χ0) is 22.8. The summed E-state index contributed by atoms with van der Waals surface area (Å²) >= 11 is 14.1. The number of hydrogen-bond acceptors (Lipinski definition) is 6. The van der Waals surface area contributed by atoms with Crippen LogP contribution in [0.5, 0.6) is 5.75 Å². The molecule has 3 aromatic carbocycles. The molecule has 0 saturated carbocycles. The molecule has 162 valence electrons. The lowest BCUT2D eigenvalue weighted by atomic mass is 10.1. The predicted molar refractivity (Wildman–Crippen MR) is 127 cm³/mol. The molecular formula is C22H15Cl2N3O4S. The van der Waals surface area contributed by atoms with Crippen LogP contribution in [0.3, 0.4) is 0 Å². The van der Waals surface area contributed by atoms with Gasteiger partial charge < -0.3 is 10.1 Å². The highest BCUT2D eigenvalue weighted by Crippen LogP contribution is 2.40. The molecule has 0 aliphatic carbocycles. The van der Waals surface area contributed by atoms with Crippen LogP contribution in [0.15, 0.2) is 54.6 Å². The molecule has 1 aromatic heterocycles. The minimum absolute atomic E-state index is 0.0846. The fraction of sp³-hybridized carbons (Fsp3) is 0.0909. The number of rotatable bonds is 6. The quantitative estimate of drug-likeness (QED) is 0.237. The Bertz CT molecular complexity index is 1320. The molecule has 10 heteroatoms. The summed E-state index contributed by atoms with van der Waals surface area (Å²) in [6, 6.07) is 14.8. The second kappa shape index (κ2) is 9.12. The second-order valence-corrected chi connectivity index (χ2v) is 8.50. The van der Waals surface area contributed by atoms with Crippen LogP contribution in [0, 0.1) is 10.1 Å². The van der Waals surface area contributed by atoms with Crippen molar-refractivity contribution in [2.24, 2.45) is 0 Å². The summed E-state index contributed by atoms with van der Waals surface area (Å²) in [4.78, 5) is 28.4. The first-order chi connectivity index (χ1) is 15.4. The van der Waals surface area contributed by atoms with Gasteiger partial charge in [-0.25, -0.2) is 4.98 Å². The fourth-order valence-electron chi connectivity index (χ4n) is 3.12. The molecule has 1 amide bonds. The van der Waals surface area contributed by atoms with Crippen LogP contribution in [0.2, 0.25) is 10.0 Å². The number of nitro groups is 1. The van der Waals surface area contributed by atoms with Gasteiger partial charge in [0.25, 0.3) is 5.91 Å². The third-order valence-electron chi connectivity index (χ3n) is 4.54. The van der Waals surface area contributed by atoms with Crippen LogP contribution in [-0.2, 0) is 0 Å². The van der Waals surface area contributed by atoms with Gasteiger partial charge in [-0.3, -0.25) is 14.9 Å². The van der Waals surface area contributed by atoms with Crippen molar-refractivity contribution in [2.75, 3.05) is 11.9 Å². The SMILES string of the molecule is CCOc1ccc(C(=O)Nc2c(Cl)cc(Cl)cc2-c2nc3ccccc3s2)cc1[N+](=O)[O-]. The Labute approximate surface area is 196 Å². The number of benzene rings is 3. The smallest absolute Gasteiger partial charge is 0.311 e. The number of thiazole rings is 1. The second-order valence-electron chi connectivity index (χ2n) is 6.62. The summed E-state index contributed by atoms with van der Waals surface area (Å²) in [6.07, 6.45) is 0. The van der Waals surface area contributed by atoms with Crippen LogP contribution >= 0.6 is 34.5 Å². The number of nitrogens with one attached hydrogen (secondary N) is 1. The van der Waals surface area contributed by atoms with Crippen molar-refractivity contribution in [1.29, 1.82) is 0 Å².